The summed E-state index contributed by atoms with van der Waals surface area (Å²) in [5.41, 5.74) is 2.76. The summed E-state index contributed by atoms with van der Waals surface area (Å²) >= 11 is 0. The van der Waals surface area contributed by atoms with Crippen LogP contribution in [0.1, 0.15) is 69.5 Å². The number of aromatic nitrogens is 3. The fourth-order valence-corrected chi connectivity index (χ4v) is 5.68. The molecule has 0 N–H and O–H groups in total. The second-order valence-electron chi connectivity index (χ2n) is 10.2. The molecule has 0 spiro atoms. The van der Waals surface area contributed by atoms with Crippen molar-refractivity contribution >= 4 is 22.7 Å². The number of piperazine rings is 1. The van der Waals surface area contributed by atoms with Crippen LogP contribution in [-0.2, 0) is 7.05 Å². The lowest BCUT2D eigenvalue weighted by Crippen LogP contribution is -2.58. The zero-order chi connectivity index (χ0) is 25.6. The molecule has 2 fully saturated rings. The normalized spacial score (nSPS) is 21.5. The smallest absolute Gasteiger partial charge is 0.350 e. The lowest BCUT2D eigenvalue weighted by Gasteiger charge is -2.48. The van der Waals surface area contributed by atoms with E-state index < -0.39 is 0 Å². The summed E-state index contributed by atoms with van der Waals surface area (Å²) in [7, 11) is 1.67. The van der Waals surface area contributed by atoms with Gasteiger partial charge in [-0.15, -0.1) is 4.98 Å². The van der Waals surface area contributed by atoms with Gasteiger partial charge >= 0.3 is 5.69 Å². The van der Waals surface area contributed by atoms with E-state index in [2.05, 4.69) is 51.5 Å². The van der Waals surface area contributed by atoms with E-state index in [0.717, 1.165) is 36.8 Å². The lowest BCUT2D eigenvalue weighted by atomic mass is 9.94. The van der Waals surface area contributed by atoms with Crippen molar-refractivity contribution in [3.63, 3.8) is 0 Å². The van der Waals surface area contributed by atoms with Crippen LogP contribution in [0.2, 0.25) is 0 Å². The number of hydrogen-bond donors (Lipinski definition) is 0. The van der Waals surface area contributed by atoms with Gasteiger partial charge < -0.3 is 9.74 Å². The van der Waals surface area contributed by atoms with Crippen molar-refractivity contribution in [1.29, 1.82) is 0 Å². The van der Waals surface area contributed by atoms with E-state index in [1.807, 2.05) is 6.07 Å². The zero-order valence-corrected chi connectivity index (χ0v) is 21.4. The number of benzene rings is 1. The Morgan fingerprint density at radius 1 is 1.17 bits per heavy atom. The standard InChI is InChI=1S/C28H33FN6O/c1-6-20-16-34(27-26-24(33(5)28(36)32-27)12-13-25(30-4)31-26)17(3)15-35(20)23(7-2)21-11-10-19(14-22(21)29)18-8-9-18/h10-14,17-18,20,23H,6-9,15-16H2,1-3,5H3/t17-,20+,23?/m0/s1. The number of anilines is 1. The highest BCUT2D eigenvalue weighted by atomic mass is 19.1. The summed E-state index contributed by atoms with van der Waals surface area (Å²) in [4.78, 5) is 29.7. The van der Waals surface area contributed by atoms with Crippen LogP contribution >= 0.6 is 0 Å². The Morgan fingerprint density at radius 2 is 1.94 bits per heavy atom. The highest BCUT2D eigenvalue weighted by Gasteiger charge is 2.38. The number of rotatable bonds is 6. The maximum Gasteiger partial charge on any atom is 0.350 e. The molecular weight excluding hydrogens is 455 g/mol. The number of pyridine rings is 1. The molecule has 0 amide bonds. The molecule has 7 nitrogen and oxygen atoms in total. The first kappa shape index (κ1) is 24.4. The number of hydrogen-bond acceptors (Lipinski definition) is 5. The SMILES string of the molecule is [C-]#[N+]c1ccc2c(n1)c(N1C[C@@H](CC)N(C(CC)c3ccc(C4CC4)cc3F)C[C@@H]1C)nc(=O)n2C. The lowest BCUT2D eigenvalue weighted by molar-refractivity contribution is 0.0920. The van der Waals surface area contributed by atoms with Gasteiger partial charge in [0.05, 0.1) is 5.52 Å². The summed E-state index contributed by atoms with van der Waals surface area (Å²) in [6, 6.07) is 9.39. The molecule has 0 bridgehead atoms. The zero-order valence-electron chi connectivity index (χ0n) is 21.4. The Balaban J connectivity index is 1.50. The minimum atomic E-state index is -0.346. The van der Waals surface area contributed by atoms with Crippen molar-refractivity contribution in [3.05, 3.63) is 69.2 Å². The molecule has 5 rings (SSSR count). The van der Waals surface area contributed by atoms with Crippen molar-refractivity contribution in [2.45, 2.75) is 70.5 Å². The molecule has 1 unspecified atom stereocenters. The summed E-state index contributed by atoms with van der Waals surface area (Å²) in [5.74, 6) is 1.22. The molecule has 3 aromatic rings. The third kappa shape index (κ3) is 4.26. The topological polar surface area (TPSA) is 58.6 Å². The van der Waals surface area contributed by atoms with Crippen LogP contribution in [0.4, 0.5) is 16.0 Å². The first-order chi connectivity index (χ1) is 17.4. The Hall–Kier alpha value is -3.31. The van der Waals surface area contributed by atoms with Gasteiger partial charge in [0.2, 0.25) is 5.52 Å². The van der Waals surface area contributed by atoms with Crippen LogP contribution in [0.3, 0.4) is 0 Å². The summed E-state index contributed by atoms with van der Waals surface area (Å²) < 4.78 is 16.8. The molecule has 8 heteroatoms. The number of halogens is 1. The first-order valence-electron chi connectivity index (χ1n) is 12.9. The number of aryl methyl sites for hydroxylation is 1. The largest absolute Gasteiger partial charge is 0.361 e. The van der Waals surface area contributed by atoms with Crippen molar-refractivity contribution < 1.29 is 4.39 Å². The predicted molar refractivity (Wildman–Crippen MR) is 140 cm³/mol. The van der Waals surface area contributed by atoms with E-state index >= 15 is 4.39 Å². The van der Waals surface area contributed by atoms with Crippen molar-refractivity contribution in [3.8, 4) is 0 Å². The molecule has 3 heterocycles. The maximum absolute atomic E-state index is 15.3. The van der Waals surface area contributed by atoms with Gasteiger partial charge in [-0.05, 0) is 62.3 Å². The van der Waals surface area contributed by atoms with Crippen LogP contribution in [0.25, 0.3) is 15.9 Å². The summed E-state index contributed by atoms with van der Waals surface area (Å²) in [6.07, 6.45) is 4.01. The van der Waals surface area contributed by atoms with E-state index in [0.29, 0.717) is 35.9 Å². The third-order valence-electron chi connectivity index (χ3n) is 7.88. The van der Waals surface area contributed by atoms with Crippen LogP contribution in [0, 0.1) is 12.4 Å². The van der Waals surface area contributed by atoms with E-state index in [1.165, 1.54) is 4.57 Å². The molecule has 2 aliphatic rings. The molecule has 1 saturated carbocycles. The monoisotopic (exact) mass is 488 g/mol. The molecular formula is C28H33FN6O. The highest BCUT2D eigenvalue weighted by molar-refractivity contribution is 5.87. The van der Waals surface area contributed by atoms with Crippen molar-refractivity contribution in [1.82, 2.24) is 19.4 Å². The van der Waals surface area contributed by atoms with Crippen LogP contribution < -0.4 is 10.6 Å². The first-order valence-corrected chi connectivity index (χ1v) is 12.9. The summed E-state index contributed by atoms with van der Waals surface area (Å²) in [6.45, 7) is 15.1. The number of fused-ring (bicyclic) bond motifs is 1. The second kappa shape index (κ2) is 9.62. The Morgan fingerprint density at radius 3 is 2.58 bits per heavy atom. The molecule has 36 heavy (non-hydrogen) atoms. The van der Waals surface area contributed by atoms with E-state index in [-0.39, 0.29) is 35.5 Å². The van der Waals surface area contributed by atoms with Gasteiger partial charge in [-0.2, -0.15) is 4.98 Å². The van der Waals surface area contributed by atoms with Gasteiger partial charge in [0.25, 0.3) is 5.82 Å². The minimum absolute atomic E-state index is 0.0204. The van der Waals surface area contributed by atoms with E-state index in [1.54, 1.807) is 25.2 Å². The Bertz CT molecular complexity index is 1390. The van der Waals surface area contributed by atoms with E-state index in [4.69, 9.17) is 6.57 Å². The van der Waals surface area contributed by atoms with Crippen LogP contribution in [0.5, 0.6) is 0 Å². The molecule has 3 atom stereocenters. The quantitative estimate of drug-likeness (QED) is 0.439. The molecule has 0 radical (unpaired) electrons. The maximum atomic E-state index is 15.3. The third-order valence-corrected chi connectivity index (χ3v) is 7.88. The molecule has 188 valence electrons. The van der Waals surface area contributed by atoms with Crippen molar-refractivity contribution in [2.75, 3.05) is 18.0 Å². The fourth-order valence-electron chi connectivity index (χ4n) is 5.68. The molecule has 1 aliphatic carbocycles. The average Bonchev–Trinajstić information content (AvgIpc) is 3.73. The second-order valence-corrected chi connectivity index (χ2v) is 10.2. The number of nitrogens with zero attached hydrogens (tertiary/aromatic N) is 6. The fraction of sp³-hybridized carbons (Fsp3) is 0.500. The minimum Gasteiger partial charge on any atom is -0.361 e. The Labute approximate surface area is 211 Å². The van der Waals surface area contributed by atoms with Crippen LogP contribution in [0.15, 0.2) is 35.1 Å². The average molecular weight is 489 g/mol. The molecule has 1 aliphatic heterocycles. The molecule has 2 aromatic heterocycles. The van der Waals surface area contributed by atoms with Gasteiger partial charge in [0.15, 0.2) is 5.82 Å². The molecule has 1 saturated heterocycles. The van der Waals surface area contributed by atoms with Gasteiger partial charge in [-0.25, -0.2) is 9.18 Å². The van der Waals surface area contributed by atoms with Gasteiger partial charge in [-0.1, -0.05) is 32.6 Å². The van der Waals surface area contributed by atoms with Gasteiger partial charge in [0.1, 0.15) is 5.82 Å². The van der Waals surface area contributed by atoms with Crippen molar-refractivity contribution in [2.24, 2.45) is 7.05 Å². The highest BCUT2D eigenvalue weighted by Crippen LogP contribution is 2.42. The van der Waals surface area contributed by atoms with Gasteiger partial charge in [-0.3, -0.25) is 9.47 Å². The predicted octanol–water partition coefficient (Wildman–Crippen LogP) is 5.34. The summed E-state index contributed by atoms with van der Waals surface area (Å²) in [5, 5.41) is 0. The van der Waals surface area contributed by atoms with E-state index in [9.17, 15) is 4.79 Å². The van der Waals surface area contributed by atoms with Gasteiger partial charge in [0, 0.05) is 43.8 Å². The molecule has 1 aromatic carbocycles. The van der Waals surface area contributed by atoms with Crippen LogP contribution in [-0.4, -0.2) is 44.6 Å². The Kier molecular flexibility index (Phi) is 6.52.